The number of rotatable bonds is 4. The Morgan fingerprint density at radius 2 is 1.89 bits per heavy atom. The molecule has 1 N–H and O–H groups in total. The van der Waals surface area contributed by atoms with E-state index in [2.05, 4.69) is 0 Å². The second-order valence-electron chi connectivity index (χ2n) is 3.66. The second-order valence-corrected chi connectivity index (χ2v) is 4.10. The predicted molar refractivity (Wildman–Crippen MR) is 66.7 cm³/mol. The summed E-state index contributed by atoms with van der Waals surface area (Å²) < 4.78 is 0. The van der Waals surface area contributed by atoms with E-state index in [0.717, 1.165) is 5.56 Å². The lowest BCUT2D eigenvalue weighted by molar-refractivity contribution is 0.822. The maximum atomic E-state index is 9.02. The van der Waals surface area contributed by atoms with E-state index in [1.54, 1.807) is 36.4 Å². The molecular formula is C13H9ClN4. The molecule has 0 amide bonds. The molecule has 0 aliphatic heterocycles. The van der Waals surface area contributed by atoms with Gasteiger partial charge in [-0.3, -0.25) is 0 Å². The minimum absolute atomic E-state index is 0.164. The van der Waals surface area contributed by atoms with Crippen molar-refractivity contribution in [1.82, 2.24) is 0 Å². The highest BCUT2D eigenvalue weighted by Gasteiger charge is 2.23. The largest absolute Gasteiger partial charge is 0.306 e. The molecule has 4 nitrogen and oxygen atoms in total. The summed E-state index contributed by atoms with van der Waals surface area (Å²) in [4.78, 5) is 0. The lowest BCUT2D eigenvalue weighted by atomic mass is 9.89. The zero-order chi connectivity index (χ0) is 13.5. The van der Waals surface area contributed by atoms with Gasteiger partial charge in [0.2, 0.25) is 0 Å². The maximum Gasteiger partial charge on any atom is 0.171 e. The van der Waals surface area contributed by atoms with Crippen LogP contribution in [0.3, 0.4) is 0 Å². The van der Waals surface area contributed by atoms with Crippen LogP contribution in [0, 0.1) is 51.2 Å². The van der Waals surface area contributed by atoms with Crippen molar-refractivity contribution in [2.45, 2.75) is 6.42 Å². The normalized spacial score (nSPS) is 11.1. The lowest BCUT2D eigenvalue weighted by Gasteiger charge is -2.11. The van der Waals surface area contributed by atoms with E-state index in [4.69, 9.17) is 32.8 Å². The molecule has 0 heterocycles. The standard InChI is InChI=1S/C13H9ClN4/c14-12-3-1-2-9(5-12)4-10(6-15)13(18)11(7-16)8-17/h1-3,5,10-11,18H,4H2/t10-/m1/s1. The van der Waals surface area contributed by atoms with Crippen LogP contribution >= 0.6 is 11.6 Å². The van der Waals surface area contributed by atoms with Crippen molar-refractivity contribution in [3.8, 4) is 18.2 Å². The third-order valence-electron chi connectivity index (χ3n) is 2.43. The highest BCUT2D eigenvalue weighted by molar-refractivity contribution is 6.30. The van der Waals surface area contributed by atoms with Gasteiger partial charge in [-0.1, -0.05) is 23.7 Å². The van der Waals surface area contributed by atoms with Gasteiger partial charge in [-0.15, -0.1) is 0 Å². The van der Waals surface area contributed by atoms with Crippen LogP contribution in [0.15, 0.2) is 24.3 Å². The quantitative estimate of drug-likeness (QED) is 0.839. The highest BCUT2D eigenvalue weighted by atomic mass is 35.5. The summed E-state index contributed by atoms with van der Waals surface area (Å²) in [7, 11) is 0. The number of nitrogens with one attached hydrogen (secondary N) is 1. The monoisotopic (exact) mass is 256 g/mol. The van der Waals surface area contributed by atoms with Gasteiger partial charge >= 0.3 is 0 Å². The zero-order valence-electron chi connectivity index (χ0n) is 9.39. The maximum absolute atomic E-state index is 9.02. The van der Waals surface area contributed by atoms with E-state index in [1.165, 1.54) is 0 Å². The van der Waals surface area contributed by atoms with Gasteiger partial charge < -0.3 is 5.41 Å². The Balaban J connectivity index is 2.88. The highest BCUT2D eigenvalue weighted by Crippen LogP contribution is 2.17. The summed E-state index contributed by atoms with van der Waals surface area (Å²) in [6.07, 6.45) is 0.274. The van der Waals surface area contributed by atoms with Crippen LogP contribution in [0.5, 0.6) is 0 Å². The summed E-state index contributed by atoms with van der Waals surface area (Å²) >= 11 is 5.83. The first-order valence-electron chi connectivity index (χ1n) is 5.14. The van der Waals surface area contributed by atoms with Crippen LogP contribution in [0.4, 0.5) is 0 Å². The third kappa shape index (κ3) is 3.32. The minimum atomic E-state index is -1.17. The Morgan fingerprint density at radius 3 is 2.39 bits per heavy atom. The van der Waals surface area contributed by atoms with Crippen molar-refractivity contribution in [3.63, 3.8) is 0 Å². The second kappa shape index (κ2) is 6.40. The van der Waals surface area contributed by atoms with Crippen molar-refractivity contribution in [3.05, 3.63) is 34.9 Å². The molecule has 0 aliphatic rings. The van der Waals surface area contributed by atoms with E-state index in [0.29, 0.717) is 5.02 Å². The van der Waals surface area contributed by atoms with Crippen LogP contribution in [-0.4, -0.2) is 5.71 Å². The van der Waals surface area contributed by atoms with Crippen molar-refractivity contribution < 1.29 is 0 Å². The fourth-order valence-corrected chi connectivity index (χ4v) is 1.71. The van der Waals surface area contributed by atoms with Gasteiger partial charge in [0.25, 0.3) is 0 Å². The van der Waals surface area contributed by atoms with Crippen molar-refractivity contribution in [2.24, 2.45) is 11.8 Å². The van der Waals surface area contributed by atoms with Gasteiger partial charge in [0.05, 0.1) is 29.8 Å². The molecule has 5 heteroatoms. The average molecular weight is 257 g/mol. The third-order valence-corrected chi connectivity index (χ3v) is 2.66. The van der Waals surface area contributed by atoms with E-state index >= 15 is 0 Å². The topological polar surface area (TPSA) is 95.2 Å². The Kier molecular flexibility index (Phi) is 4.88. The zero-order valence-corrected chi connectivity index (χ0v) is 10.1. The molecule has 0 fully saturated rings. The number of hydrogen-bond acceptors (Lipinski definition) is 4. The van der Waals surface area contributed by atoms with E-state index in [-0.39, 0.29) is 12.1 Å². The Labute approximate surface area is 110 Å². The van der Waals surface area contributed by atoms with Gasteiger partial charge in [-0.25, -0.2) is 0 Å². The molecule has 0 aromatic heterocycles. The van der Waals surface area contributed by atoms with Crippen molar-refractivity contribution >= 4 is 17.3 Å². The molecule has 18 heavy (non-hydrogen) atoms. The number of nitriles is 3. The average Bonchev–Trinajstić information content (AvgIpc) is 2.37. The van der Waals surface area contributed by atoms with E-state index in [9.17, 15) is 0 Å². The predicted octanol–water partition coefficient (Wildman–Crippen LogP) is 2.71. The molecule has 0 spiro atoms. The van der Waals surface area contributed by atoms with Gasteiger partial charge in [-0.05, 0) is 24.1 Å². The van der Waals surface area contributed by atoms with Crippen LogP contribution in [0.25, 0.3) is 0 Å². The summed E-state index contributed by atoms with van der Waals surface area (Å²) in [6, 6.07) is 12.3. The van der Waals surface area contributed by atoms with E-state index in [1.807, 2.05) is 6.07 Å². The molecule has 0 aliphatic carbocycles. The molecule has 0 radical (unpaired) electrons. The Hall–Kier alpha value is -2.35. The Morgan fingerprint density at radius 1 is 1.22 bits per heavy atom. The number of nitrogens with zero attached hydrogens (tertiary/aromatic N) is 3. The van der Waals surface area contributed by atoms with Crippen molar-refractivity contribution in [1.29, 1.82) is 21.2 Å². The molecular weight excluding hydrogens is 248 g/mol. The first-order valence-corrected chi connectivity index (χ1v) is 5.51. The molecule has 0 saturated heterocycles. The summed E-state index contributed by atoms with van der Waals surface area (Å²) in [5.74, 6) is -1.96. The SMILES string of the molecule is N#CC(C#N)C(=N)[C@@H](C#N)Cc1cccc(Cl)c1. The van der Waals surface area contributed by atoms with Crippen LogP contribution in [-0.2, 0) is 6.42 Å². The fourth-order valence-electron chi connectivity index (χ4n) is 1.49. The summed E-state index contributed by atoms with van der Waals surface area (Å²) in [5.41, 5.74) is 0.635. The molecule has 1 aromatic carbocycles. The van der Waals surface area contributed by atoms with Gasteiger partial charge in [0.15, 0.2) is 5.92 Å². The molecule has 88 valence electrons. The summed E-state index contributed by atoms with van der Waals surface area (Å²) in [5, 5.41) is 34.7. The van der Waals surface area contributed by atoms with Crippen molar-refractivity contribution in [2.75, 3.05) is 0 Å². The van der Waals surface area contributed by atoms with Crippen LogP contribution in [0.2, 0.25) is 5.02 Å². The number of benzene rings is 1. The van der Waals surface area contributed by atoms with Gasteiger partial charge in [0.1, 0.15) is 0 Å². The molecule has 0 saturated carbocycles. The molecule has 1 atom stereocenters. The van der Waals surface area contributed by atoms with Crippen LogP contribution < -0.4 is 0 Å². The number of hydrogen-bond donors (Lipinski definition) is 1. The van der Waals surface area contributed by atoms with E-state index < -0.39 is 11.8 Å². The molecule has 1 aromatic rings. The smallest absolute Gasteiger partial charge is 0.171 e. The lowest BCUT2D eigenvalue weighted by Crippen LogP contribution is -2.21. The molecule has 0 bridgehead atoms. The fraction of sp³-hybridized carbons (Fsp3) is 0.231. The molecule has 0 unspecified atom stereocenters. The molecule has 1 rings (SSSR count). The summed E-state index contributed by atoms with van der Waals surface area (Å²) in [6.45, 7) is 0. The van der Waals surface area contributed by atoms with Gasteiger partial charge in [-0.2, -0.15) is 15.8 Å². The first-order chi connectivity index (χ1) is 8.62. The van der Waals surface area contributed by atoms with Gasteiger partial charge in [0, 0.05) is 5.02 Å². The van der Waals surface area contributed by atoms with Crippen LogP contribution in [0.1, 0.15) is 5.56 Å². The minimum Gasteiger partial charge on any atom is -0.306 e. The first kappa shape index (κ1) is 13.7. The number of halogens is 1. The Bertz CT molecular complexity index is 560.